The quantitative estimate of drug-likeness (QED) is 0.395. The molecular formula is C21H24N4O5S. The first-order valence-electron chi connectivity index (χ1n) is 9.39. The van der Waals surface area contributed by atoms with Crippen molar-refractivity contribution in [2.75, 3.05) is 35.0 Å². The average molecular weight is 445 g/mol. The predicted octanol–water partition coefficient (Wildman–Crippen LogP) is 3.92. The first kappa shape index (κ1) is 22.2. The van der Waals surface area contributed by atoms with Gasteiger partial charge in [-0.25, -0.2) is 5.10 Å². The molecule has 164 valence electrons. The van der Waals surface area contributed by atoms with Gasteiger partial charge in [0.2, 0.25) is 10.5 Å². The van der Waals surface area contributed by atoms with E-state index in [-0.39, 0.29) is 0 Å². The molecule has 0 bridgehead atoms. The molecule has 0 aliphatic rings. The molecule has 3 rings (SSSR count). The van der Waals surface area contributed by atoms with Crippen LogP contribution in [0.15, 0.2) is 35.4 Å². The highest BCUT2D eigenvalue weighted by Crippen LogP contribution is 2.40. The molecule has 3 aromatic rings. The molecular weight excluding hydrogens is 420 g/mol. The number of H-pyrrole nitrogens is 1. The largest absolute Gasteiger partial charge is 0.493 e. The number of hydrogen-bond donors (Lipinski definition) is 1. The maximum Gasteiger partial charge on any atom is 0.216 e. The highest BCUT2D eigenvalue weighted by atomic mass is 32.1. The Morgan fingerprint density at radius 1 is 0.968 bits per heavy atom. The number of methoxy groups -OCH3 is 4. The first-order chi connectivity index (χ1) is 15.1. The van der Waals surface area contributed by atoms with Gasteiger partial charge in [-0.05, 0) is 55.0 Å². The van der Waals surface area contributed by atoms with Crippen molar-refractivity contribution in [3.05, 3.63) is 40.7 Å². The Balaban J connectivity index is 2.02. The second kappa shape index (κ2) is 9.98. The molecule has 0 fully saturated rings. The summed E-state index contributed by atoms with van der Waals surface area (Å²) in [5.41, 5.74) is 1.49. The number of aromatic amines is 1. The second-order valence-electron chi connectivity index (χ2n) is 6.17. The normalized spacial score (nSPS) is 10.9. The fraction of sp³-hybridized carbons (Fsp3) is 0.286. The summed E-state index contributed by atoms with van der Waals surface area (Å²) in [6.45, 7) is 2.46. The van der Waals surface area contributed by atoms with Crippen LogP contribution < -0.4 is 23.7 Å². The van der Waals surface area contributed by atoms with Gasteiger partial charge in [-0.15, -0.1) is 0 Å². The number of benzene rings is 2. The van der Waals surface area contributed by atoms with Gasteiger partial charge in [-0.2, -0.15) is 14.9 Å². The van der Waals surface area contributed by atoms with E-state index in [1.807, 2.05) is 25.1 Å². The SMILES string of the molecule is CCOc1ccc(/C=N/n2c(-c3cc(OC)c(OC)c(OC)c3)n[nH]c2=S)cc1OC. The Hall–Kier alpha value is -3.53. The molecule has 0 unspecified atom stereocenters. The summed E-state index contributed by atoms with van der Waals surface area (Å²) in [4.78, 5) is 0. The third-order valence-electron chi connectivity index (χ3n) is 4.38. The van der Waals surface area contributed by atoms with E-state index < -0.39 is 0 Å². The van der Waals surface area contributed by atoms with Crippen LogP contribution in [-0.4, -0.2) is 56.1 Å². The third-order valence-corrected chi connectivity index (χ3v) is 4.65. The van der Waals surface area contributed by atoms with E-state index in [0.717, 1.165) is 5.56 Å². The molecule has 2 aromatic carbocycles. The Bertz CT molecular complexity index is 1110. The van der Waals surface area contributed by atoms with Crippen molar-refractivity contribution in [2.24, 2.45) is 5.10 Å². The summed E-state index contributed by atoms with van der Waals surface area (Å²) in [7, 11) is 6.24. The summed E-state index contributed by atoms with van der Waals surface area (Å²) >= 11 is 5.36. The summed E-state index contributed by atoms with van der Waals surface area (Å²) in [6.07, 6.45) is 1.66. The maximum atomic E-state index is 5.55. The van der Waals surface area contributed by atoms with Crippen molar-refractivity contribution in [1.82, 2.24) is 14.9 Å². The van der Waals surface area contributed by atoms with Gasteiger partial charge >= 0.3 is 0 Å². The molecule has 0 saturated carbocycles. The lowest BCUT2D eigenvalue weighted by Crippen LogP contribution is -1.99. The average Bonchev–Trinajstić information content (AvgIpc) is 3.17. The molecule has 0 saturated heterocycles. The Morgan fingerprint density at radius 3 is 2.23 bits per heavy atom. The monoisotopic (exact) mass is 444 g/mol. The number of rotatable bonds is 9. The number of ether oxygens (including phenoxy) is 5. The van der Waals surface area contributed by atoms with Crippen LogP contribution in [0.25, 0.3) is 11.4 Å². The topological polar surface area (TPSA) is 92.1 Å². The van der Waals surface area contributed by atoms with E-state index in [9.17, 15) is 0 Å². The molecule has 1 aromatic heterocycles. The zero-order chi connectivity index (χ0) is 22.4. The molecule has 9 nitrogen and oxygen atoms in total. The number of nitrogens with one attached hydrogen (secondary N) is 1. The van der Waals surface area contributed by atoms with Crippen LogP contribution in [0, 0.1) is 4.77 Å². The number of hydrogen-bond acceptors (Lipinski definition) is 8. The van der Waals surface area contributed by atoms with E-state index in [2.05, 4.69) is 15.3 Å². The lowest BCUT2D eigenvalue weighted by atomic mass is 10.1. The summed E-state index contributed by atoms with van der Waals surface area (Å²) in [5, 5.41) is 11.6. The van der Waals surface area contributed by atoms with E-state index in [1.165, 1.54) is 4.68 Å². The molecule has 0 aliphatic heterocycles. The van der Waals surface area contributed by atoms with Crippen molar-refractivity contribution < 1.29 is 23.7 Å². The molecule has 0 spiro atoms. The molecule has 0 aliphatic carbocycles. The van der Waals surface area contributed by atoms with Crippen molar-refractivity contribution >= 4 is 18.4 Å². The van der Waals surface area contributed by atoms with Crippen molar-refractivity contribution in [3.63, 3.8) is 0 Å². The van der Waals surface area contributed by atoms with Gasteiger partial charge in [0, 0.05) is 5.56 Å². The van der Waals surface area contributed by atoms with E-state index >= 15 is 0 Å². The minimum absolute atomic E-state index is 0.331. The Kier molecular flexibility index (Phi) is 7.14. The third kappa shape index (κ3) is 4.64. The van der Waals surface area contributed by atoms with Crippen LogP contribution in [-0.2, 0) is 0 Å². The number of aromatic nitrogens is 3. The van der Waals surface area contributed by atoms with Crippen molar-refractivity contribution in [2.45, 2.75) is 6.92 Å². The Morgan fingerprint density at radius 2 is 1.65 bits per heavy atom. The Labute approximate surface area is 185 Å². The molecule has 1 N–H and O–H groups in total. The maximum absolute atomic E-state index is 5.55. The molecule has 10 heteroatoms. The fourth-order valence-corrected chi connectivity index (χ4v) is 3.14. The van der Waals surface area contributed by atoms with Gasteiger partial charge in [0.1, 0.15) is 0 Å². The van der Waals surface area contributed by atoms with Gasteiger partial charge in [0.15, 0.2) is 28.8 Å². The van der Waals surface area contributed by atoms with Crippen LogP contribution >= 0.6 is 12.2 Å². The molecule has 0 radical (unpaired) electrons. The van der Waals surface area contributed by atoms with Crippen LogP contribution in [0.5, 0.6) is 28.7 Å². The van der Waals surface area contributed by atoms with Gasteiger partial charge in [0.25, 0.3) is 0 Å². The summed E-state index contributed by atoms with van der Waals surface area (Å²) < 4.78 is 29.0. The van der Waals surface area contributed by atoms with E-state index in [0.29, 0.717) is 51.5 Å². The van der Waals surface area contributed by atoms with Crippen LogP contribution in [0.1, 0.15) is 12.5 Å². The molecule has 0 amide bonds. The van der Waals surface area contributed by atoms with Gasteiger partial charge in [-0.1, -0.05) is 0 Å². The smallest absolute Gasteiger partial charge is 0.216 e. The highest BCUT2D eigenvalue weighted by molar-refractivity contribution is 7.71. The number of nitrogens with zero attached hydrogens (tertiary/aromatic N) is 3. The van der Waals surface area contributed by atoms with E-state index in [1.54, 1.807) is 46.8 Å². The molecule has 0 atom stereocenters. The lowest BCUT2D eigenvalue weighted by Gasteiger charge is -2.13. The zero-order valence-electron chi connectivity index (χ0n) is 18.0. The highest BCUT2D eigenvalue weighted by Gasteiger charge is 2.17. The van der Waals surface area contributed by atoms with Crippen molar-refractivity contribution in [1.29, 1.82) is 0 Å². The van der Waals surface area contributed by atoms with Crippen molar-refractivity contribution in [3.8, 4) is 40.1 Å². The summed E-state index contributed by atoms with van der Waals surface area (Å²) in [5.74, 6) is 3.25. The molecule has 31 heavy (non-hydrogen) atoms. The second-order valence-corrected chi connectivity index (χ2v) is 6.55. The minimum Gasteiger partial charge on any atom is -0.493 e. The summed E-state index contributed by atoms with van der Waals surface area (Å²) in [6, 6.07) is 9.09. The van der Waals surface area contributed by atoms with Crippen LogP contribution in [0.3, 0.4) is 0 Å². The standard InChI is InChI=1S/C21H24N4O5S/c1-6-30-15-8-7-13(9-16(15)26-2)12-22-25-20(23-24-21(25)31)14-10-17(27-3)19(29-5)18(11-14)28-4/h7-12H,6H2,1-5H3,(H,24,31)/b22-12+. The van der Waals surface area contributed by atoms with Crippen LogP contribution in [0.2, 0.25) is 0 Å². The predicted molar refractivity (Wildman–Crippen MR) is 120 cm³/mol. The minimum atomic E-state index is 0.331. The molecule has 1 heterocycles. The lowest BCUT2D eigenvalue weighted by molar-refractivity contribution is 0.311. The van der Waals surface area contributed by atoms with Gasteiger partial charge in [0.05, 0.1) is 41.3 Å². The first-order valence-corrected chi connectivity index (χ1v) is 9.80. The van der Waals surface area contributed by atoms with Crippen LogP contribution in [0.4, 0.5) is 0 Å². The van der Waals surface area contributed by atoms with Gasteiger partial charge in [-0.3, -0.25) is 0 Å². The van der Waals surface area contributed by atoms with E-state index in [4.69, 9.17) is 35.9 Å². The van der Waals surface area contributed by atoms with Gasteiger partial charge < -0.3 is 23.7 Å². The zero-order valence-corrected chi connectivity index (χ0v) is 18.8. The fourth-order valence-electron chi connectivity index (χ4n) is 2.96.